The molecule has 1 aromatic carbocycles. The SMILES string of the molecule is Cn1c(=O)c(C(=O)N2CCC(C(=O)O)CC2)c(O)c2cc3ccccc3n21. The Morgan fingerprint density at radius 1 is 1.11 bits per heavy atom. The molecular formula is C19H19N3O5. The molecule has 0 atom stereocenters. The van der Waals surface area contributed by atoms with Gasteiger partial charge >= 0.3 is 5.97 Å². The van der Waals surface area contributed by atoms with E-state index in [0.717, 1.165) is 10.9 Å². The zero-order valence-corrected chi connectivity index (χ0v) is 14.8. The highest BCUT2D eigenvalue weighted by atomic mass is 16.4. The number of benzene rings is 1. The average Bonchev–Trinajstić information content (AvgIpc) is 3.06. The number of likely N-dealkylation sites (tertiary alicyclic amines) is 1. The lowest BCUT2D eigenvalue weighted by Gasteiger charge is -2.30. The highest BCUT2D eigenvalue weighted by Crippen LogP contribution is 2.29. The standard InChI is InChI=1S/C19H19N3O5/c1-20-17(24)15(18(25)21-8-6-11(7-9-21)19(26)27)16(23)14-10-12-4-2-3-5-13(12)22(14)20/h2-5,10-11,23H,6-9H2,1H3,(H,26,27). The predicted octanol–water partition coefficient (Wildman–Crippen LogP) is 1.43. The molecule has 1 saturated heterocycles. The van der Waals surface area contributed by atoms with Gasteiger partial charge in [-0.25, -0.2) is 9.20 Å². The number of aromatic nitrogens is 2. The Hall–Kier alpha value is -3.29. The number of aliphatic carboxylic acids is 1. The van der Waals surface area contributed by atoms with Gasteiger partial charge in [0.25, 0.3) is 11.5 Å². The second kappa shape index (κ2) is 6.15. The van der Waals surface area contributed by atoms with Gasteiger partial charge in [0.2, 0.25) is 0 Å². The van der Waals surface area contributed by atoms with E-state index in [1.807, 2.05) is 24.3 Å². The molecule has 1 fully saturated rings. The van der Waals surface area contributed by atoms with E-state index in [4.69, 9.17) is 5.11 Å². The molecule has 8 nitrogen and oxygen atoms in total. The number of carboxylic acid groups (broad SMARTS) is 1. The van der Waals surface area contributed by atoms with Crippen molar-refractivity contribution in [2.24, 2.45) is 13.0 Å². The number of hydrogen-bond donors (Lipinski definition) is 2. The van der Waals surface area contributed by atoms with Crippen LogP contribution < -0.4 is 5.56 Å². The van der Waals surface area contributed by atoms with Gasteiger partial charge in [0, 0.05) is 25.5 Å². The van der Waals surface area contributed by atoms with Gasteiger partial charge in [-0.05, 0) is 25.0 Å². The van der Waals surface area contributed by atoms with Crippen LogP contribution in [0.2, 0.25) is 0 Å². The third-order valence-corrected chi connectivity index (χ3v) is 5.32. The summed E-state index contributed by atoms with van der Waals surface area (Å²) in [6.07, 6.45) is 0.665. The first-order chi connectivity index (χ1) is 12.9. The van der Waals surface area contributed by atoms with Crippen molar-refractivity contribution in [3.63, 3.8) is 0 Å². The summed E-state index contributed by atoms with van der Waals surface area (Å²) in [5.74, 6) is -2.27. The minimum Gasteiger partial charge on any atom is -0.505 e. The molecule has 0 radical (unpaired) electrons. The van der Waals surface area contributed by atoms with Crippen molar-refractivity contribution in [3.05, 3.63) is 46.2 Å². The summed E-state index contributed by atoms with van der Waals surface area (Å²) in [6, 6.07) is 9.12. The molecule has 4 rings (SSSR count). The lowest BCUT2D eigenvalue weighted by Crippen LogP contribution is -2.43. The van der Waals surface area contributed by atoms with Crippen LogP contribution >= 0.6 is 0 Å². The molecule has 8 heteroatoms. The number of nitrogens with zero attached hydrogens (tertiary/aromatic N) is 3. The zero-order chi connectivity index (χ0) is 19.3. The van der Waals surface area contributed by atoms with Crippen LogP contribution in [-0.2, 0) is 11.8 Å². The molecule has 1 amide bonds. The van der Waals surface area contributed by atoms with Crippen molar-refractivity contribution in [2.75, 3.05) is 13.1 Å². The molecule has 140 valence electrons. The van der Waals surface area contributed by atoms with Crippen LogP contribution in [-0.4, -0.2) is 49.3 Å². The highest BCUT2D eigenvalue weighted by Gasteiger charge is 2.31. The van der Waals surface area contributed by atoms with Crippen LogP contribution in [0.1, 0.15) is 23.2 Å². The molecular weight excluding hydrogens is 350 g/mol. The van der Waals surface area contributed by atoms with Crippen LogP contribution in [0, 0.1) is 5.92 Å². The van der Waals surface area contributed by atoms with Crippen LogP contribution in [0.5, 0.6) is 5.75 Å². The average molecular weight is 369 g/mol. The molecule has 0 spiro atoms. The quantitative estimate of drug-likeness (QED) is 0.711. The number of aryl methyl sites for hydroxylation is 1. The Morgan fingerprint density at radius 3 is 2.44 bits per heavy atom. The maximum absolute atomic E-state index is 12.9. The Labute approximate surface area is 153 Å². The molecule has 1 aliphatic heterocycles. The summed E-state index contributed by atoms with van der Waals surface area (Å²) in [5.41, 5.74) is 0.263. The summed E-state index contributed by atoms with van der Waals surface area (Å²) in [7, 11) is 1.55. The van der Waals surface area contributed by atoms with Gasteiger partial charge < -0.3 is 15.1 Å². The Bertz CT molecular complexity index is 1140. The van der Waals surface area contributed by atoms with Gasteiger partial charge in [0.05, 0.1) is 11.4 Å². The number of carboxylic acids is 1. The number of hydrogen-bond acceptors (Lipinski definition) is 4. The van der Waals surface area contributed by atoms with E-state index in [1.54, 1.807) is 17.6 Å². The van der Waals surface area contributed by atoms with Gasteiger partial charge in [-0.2, -0.15) is 0 Å². The summed E-state index contributed by atoms with van der Waals surface area (Å²) >= 11 is 0. The van der Waals surface area contributed by atoms with E-state index in [1.165, 1.54) is 9.58 Å². The minimum absolute atomic E-state index is 0.243. The molecule has 0 bridgehead atoms. The fourth-order valence-corrected chi connectivity index (χ4v) is 3.79. The smallest absolute Gasteiger partial charge is 0.306 e. The topological polar surface area (TPSA) is 104 Å². The Morgan fingerprint density at radius 2 is 1.78 bits per heavy atom. The number of rotatable bonds is 2. The van der Waals surface area contributed by atoms with Crippen molar-refractivity contribution in [1.82, 2.24) is 14.1 Å². The first-order valence-electron chi connectivity index (χ1n) is 8.74. The number of aromatic hydroxyl groups is 1. The van der Waals surface area contributed by atoms with Crippen molar-refractivity contribution in [1.29, 1.82) is 0 Å². The minimum atomic E-state index is -0.873. The third kappa shape index (κ3) is 2.56. The van der Waals surface area contributed by atoms with Crippen molar-refractivity contribution < 1.29 is 19.8 Å². The van der Waals surface area contributed by atoms with Crippen molar-refractivity contribution in [3.8, 4) is 5.75 Å². The first kappa shape index (κ1) is 17.1. The van der Waals surface area contributed by atoms with E-state index >= 15 is 0 Å². The number of carbonyl (C=O) groups is 2. The monoisotopic (exact) mass is 369 g/mol. The van der Waals surface area contributed by atoms with Crippen LogP contribution in [0.3, 0.4) is 0 Å². The highest BCUT2D eigenvalue weighted by molar-refractivity contribution is 6.00. The third-order valence-electron chi connectivity index (χ3n) is 5.32. The number of fused-ring (bicyclic) bond motifs is 3. The van der Waals surface area contributed by atoms with E-state index < -0.39 is 23.4 Å². The number of carbonyl (C=O) groups excluding carboxylic acids is 1. The Kier molecular flexibility index (Phi) is 3.91. The second-order valence-corrected chi connectivity index (χ2v) is 6.86. The van der Waals surface area contributed by atoms with Crippen molar-refractivity contribution in [2.45, 2.75) is 12.8 Å². The number of para-hydroxylation sites is 1. The van der Waals surface area contributed by atoms with Gasteiger partial charge in [0.1, 0.15) is 5.52 Å². The van der Waals surface area contributed by atoms with E-state index in [9.17, 15) is 19.5 Å². The predicted molar refractivity (Wildman–Crippen MR) is 98.1 cm³/mol. The largest absolute Gasteiger partial charge is 0.505 e. The Balaban J connectivity index is 1.81. The molecule has 27 heavy (non-hydrogen) atoms. The maximum atomic E-state index is 12.9. The summed E-state index contributed by atoms with van der Waals surface area (Å²) in [5, 5.41) is 20.7. The molecule has 2 N–H and O–H groups in total. The van der Waals surface area contributed by atoms with E-state index in [-0.39, 0.29) is 24.4 Å². The molecule has 0 unspecified atom stereocenters. The molecule has 0 saturated carbocycles. The van der Waals surface area contributed by atoms with E-state index in [2.05, 4.69) is 0 Å². The molecule has 3 heterocycles. The van der Waals surface area contributed by atoms with Gasteiger partial charge in [0.15, 0.2) is 11.3 Å². The summed E-state index contributed by atoms with van der Waals surface area (Å²) in [6.45, 7) is 0.485. The lowest BCUT2D eigenvalue weighted by atomic mass is 9.96. The second-order valence-electron chi connectivity index (χ2n) is 6.86. The van der Waals surface area contributed by atoms with Crippen molar-refractivity contribution >= 4 is 28.3 Å². The van der Waals surface area contributed by atoms with E-state index in [0.29, 0.717) is 18.4 Å². The van der Waals surface area contributed by atoms with Gasteiger partial charge in [-0.3, -0.25) is 14.4 Å². The van der Waals surface area contributed by atoms with Crippen LogP contribution in [0.25, 0.3) is 16.4 Å². The fraction of sp³-hybridized carbons (Fsp3) is 0.316. The maximum Gasteiger partial charge on any atom is 0.306 e. The normalized spacial score (nSPS) is 15.5. The zero-order valence-electron chi connectivity index (χ0n) is 14.8. The summed E-state index contributed by atoms with van der Waals surface area (Å²) < 4.78 is 2.90. The molecule has 1 aliphatic rings. The van der Waals surface area contributed by atoms with Crippen LogP contribution in [0.15, 0.2) is 35.1 Å². The number of amides is 1. The van der Waals surface area contributed by atoms with Gasteiger partial charge in [-0.1, -0.05) is 18.2 Å². The fourth-order valence-electron chi connectivity index (χ4n) is 3.79. The first-order valence-corrected chi connectivity index (χ1v) is 8.74. The summed E-state index contributed by atoms with van der Waals surface area (Å²) in [4.78, 5) is 38.3. The van der Waals surface area contributed by atoms with Gasteiger partial charge in [-0.15, -0.1) is 0 Å². The molecule has 0 aliphatic carbocycles. The lowest BCUT2D eigenvalue weighted by molar-refractivity contribution is -0.143. The molecule has 2 aromatic heterocycles. The molecule has 3 aromatic rings. The van der Waals surface area contributed by atoms with Crippen LogP contribution in [0.4, 0.5) is 0 Å². The number of piperidine rings is 1.